The third-order valence-corrected chi connectivity index (χ3v) is 6.76. The van der Waals surface area contributed by atoms with E-state index in [9.17, 15) is 4.79 Å². The smallest absolute Gasteiger partial charge is 0.281 e. The van der Waals surface area contributed by atoms with E-state index in [0.717, 1.165) is 48.4 Å². The van der Waals surface area contributed by atoms with Gasteiger partial charge in [0.05, 0.1) is 24.7 Å². The molecule has 4 heterocycles. The van der Waals surface area contributed by atoms with Gasteiger partial charge in [-0.2, -0.15) is 4.98 Å². The van der Waals surface area contributed by atoms with Crippen LogP contribution < -0.4 is 15.0 Å². The average Bonchev–Trinajstić information content (AvgIpc) is 3.41. The molecule has 0 unspecified atom stereocenters. The SMILES string of the molecule is CCN1C(=O)c2c(nc(NC3CCOCC3)n2Cc2ccc(OC)c(Br)c2)N2CCN=C12. The molecule has 3 aliphatic heterocycles. The minimum absolute atomic E-state index is 0.0560. The van der Waals surface area contributed by atoms with Crippen LogP contribution in [0.1, 0.15) is 35.8 Å². The highest BCUT2D eigenvalue weighted by Crippen LogP contribution is 2.34. The zero-order chi connectivity index (χ0) is 22.2. The van der Waals surface area contributed by atoms with Crippen molar-refractivity contribution < 1.29 is 14.3 Å². The van der Waals surface area contributed by atoms with Crippen LogP contribution in [0.5, 0.6) is 5.75 Å². The first-order valence-corrected chi connectivity index (χ1v) is 11.8. The minimum atomic E-state index is -0.0560. The van der Waals surface area contributed by atoms with E-state index in [1.807, 2.05) is 29.7 Å². The van der Waals surface area contributed by atoms with Crippen LogP contribution in [0.15, 0.2) is 27.7 Å². The largest absolute Gasteiger partial charge is 0.496 e. The second kappa shape index (κ2) is 8.74. The first-order valence-electron chi connectivity index (χ1n) is 11.0. The van der Waals surface area contributed by atoms with Gasteiger partial charge in [0.25, 0.3) is 5.91 Å². The lowest BCUT2D eigenvalue weighted by Gasteiger charge is -2.32. The maximum absolute atomic E-state index is 13.6. The van der Waals surface area contributed by atoms with Gasteiger partial charge in [0.2, 0.25) is 11.9 Å². The Morgan fingerprint density at radius 2 is 2.12 bits per heavy atom. The quantitative estimate of drug-likeness (QED) is 0.653. The fraction of sp³-hybridized carbons (Fsp3) is 0.500. The summed E-state index contributed by atoms with van der Waals surface area (Å²) in [5, 5.41) is 3.60. The number of imidazole rings is 1. The third kappa shape index (κ3) is 3.65. The normalized spacial score (nSPS) is 18.5. The molecule has 1 amide bonds. The molecule has 3 aliphatic rings. The molecule has 1 aromatic carbocycles. The van der Waals surface area contributed by atoms with E-state index < -0.39 is 0 Å². The molecule has 1 aromatic heterocycles. The lowest BCUT2D eigenvalue weighted by molar-refractivity contribution is 0.0835. The summed E-state index contributed by atoms with van der Waals surface area (Å²) in [5.74, 6) is 2.83. The first kappa shape index (κ1) is 21.3. The van der Waals surface area contributed by atoms with Crippen molar-refractivity contribution in [3.8, 4) is 5.75 Å². The van der Waals surface area contributed by atoms with Crippen LogP contribution in [0.2, 0.25) is 0 Å². The number of rotatable bonds is 6. The number of fused-ring (bicyclic) bond motifs is 3. The lowest BCUT2D eigenvalue weighted by Crippen LogP contribution is -2.50. The summed E-state index contributed by atoms with van der Waals surface area (Å²) >= 11 is 3.58. The molecule has 2 aromatic rings. The van der Waals surface area contributed by atoms with E-state index in [2.05, 4.69) is 31.1 Å². The molecule has 0 bridgehead atoms. The minimum Gasteiger partial charge on any atom is -0.496 e. The van der Waals surface area contributed by atoms with Gasteiger partial charge in [-0.3, -0.25) is 24.2 Å². The number of methoxy groups -OCH3 is 1. The fourth-order valence-corrected chi connectivity index (χ4v) is 5.08. The van der Waals surface area contributed by atoms with Gasteiger partial charge in [-0.1, -0.05) is 6.07 Å². The van der Waals surface area contributed by atoms with Crippen LogP contribution in [0.25, 0.3) is 0 Å². The number of guanidine groups is 1. The fourth-order valence-electron chi connectivity index (χ4n) is 4.49. The molecule has 0 atom stereocenters. The Labute approximate surface area is 195 Å². The Balaban J connectivity index is 1.58. The third-order valence-electron chi connectivity index (χ3n) is 6.14. The van der Waals surface area contributed by atoms with Crippen LogP contribution in [0, 0.1) is 0 Å². The van der Waals surface area contributed by atoms with Crippen LogP contribution >= 0.6 is 15.9 Å². The molecule has 1 fully saturated rings. The van der Waals surface area contributed by atoms with E-state index in [4.69, 9.17) is 14.5 Å². The number of carbonyl (C=O) groups excluding carboxylic acids is 1. The average molecular weight is 503 g/mol. The topological polar surface area (TPSA) is 84.2 Å². The van der Waals surface area contributed by atoms with Gasteiger partial charge in [-0.25, -0.2) is 0 Å². The highest BCUT2D eigenvalue weighted by atomic mass is 79.9. The van der Waals surface area contributed by atoms with Gasteiger partial charge >= 0.3 is 0 Å². The van der Waals surface area contributed by atoms with E-state index in [1.54, 1.807) is 12.0 Å². The van der Waals surface area contributed by atoms with E-state index in [-0.39, 0.29) is 11.9 Å². The molecule has 0 spiro atoms. The van der Waals surface area contributed by atoms with Crippen molar-refractivity contribution in [2.75, 3.05) is 50.2 Å². The predicted molar refractivity (Wildman–Crippen MR) is 126 cm³/mol. The van der Waals surface area contributed by atoms with E-state index in [1.165, 1.54) is 0 Å². The summed E-state index contributed by atoms with van der Waals surface area (Å²) in [6.45, 7) is 5.91. The number of aromatic nitrogens is 2. The number of amides is 1. The van der Waals surface area contributed by atoms with Crippen molar-refractivity contribution in [2.24, 2.45) is 4.99 Å². The second-order valence-electron chi connectivity index (χ2n) is 8.08. The summed E-state index contributed by atoms with van der Waals surface area (Å²) < 4.78 is 13.8. The molecule has 1 saturated heterocycles. The molecule has 5 rings (SSSR count). The standard InChI is InChI=1S/C22H27BrN6O3/c1-3-27-20(30)18-19(28-9-8-24-22(27)28)26-21(25-15-6-10-32-11-7-15)29(18)13-14-4-5-17(31-2)16(23)12-14/h4-5,12,15H,3,6-11,13H2,1-2H3,(H,25,26). The maximum Gasteiger partial charge on any atom is 0.281 e. The zero-order valence-corrected chi connectivity index (χ0v) is 19.9. The van der Waals surface area contributed by atoms with Crippen molar-refractivity contribution >= 4 is 39.6 Å². The van der Waals surface area contributed by atoms with Crippen molar-refractivity contribution in [3.63, 3.8) is 0 Å². The molecule has 0 aliphatic carbocycles. The number of ether oxygens (including phenoxy) is 2. The summed E-state index contributed by atoms with van der Waals surface area (Å²) in [5.41, 5.74) is 1.65. The molecular weight excluding hydrogens is 476 g/mol. The van der Waals surface area contributed by atoms with Crippen LogP contribution in [-0.2, 0) is 11.3 Å². The van der Waals surface area contributed by atoms with Gasteiger partial charge in [-0.05, 0) is 53.4 Å². The Morgan fingerprint density at radius 1 is 1.31 bits per heavy atom. The molecule has 10 heteroatoms. The first-order chi connectivity index (χ1) is 15.6. The summed E-state index contributed by atoms with van der Waals surface area (Å²) in [7, 11) is 1.65. The number of anilines is 2. The van der Waals surface area contributed by atoms with E-state index >= 15 is 0 Å². The maximum atomic E-state index is 13.6. The van der Waals surface area contributed by atoms with Crippen molar-refractivity contribution in [1.29, 1.82) is 0 Å². The summed E-state index contributed by atoms with van der Waals surface area (Å²) in [4.78, 5) is 26.9. The Hall–Kier alpha value is -2.59. The molecule has 9 nitrogen and oxygen atoms in total. The van der Waals surface area contributed by atoms with Crippen LogP contribution in [0.4, 0.5) is 11.8 Å². The number of nitrogens with zero attached hydrogens (tertiary/aromatic N) is 5. The number of benzene rings is 1. The Morgan fingerprint density at radius 3 is 2.84 bits per heavy atom. The van der Waals surface area contributed by atoms with Gasteiger partial charge in [0.15, 0.2) is 11.5 Å². The van der Waals surface area contributed by atoms with Crippen LogP contribution in [0.3, 0.4) is 0 Å². The molecular formula is C22H27BrN6O3. The highest BCUT2D eigenvalue weighted by Gasteiger charge is 2.41. The summed E-state index contributed by atoms with van der Waals surface area (Å²) in [6, 6.07) is 6.23. The summed E-state index contributed by atoms with van der Waals surface area (Å²) in [6.07, 6.45) is 1.83. The van der Waals surface area contributed by atoms with Crippen molar-refractivity contribution in [1.82, 2.24) is 14.5 Å². The van der Waals surface area contributed by atoms with Gasteiger partial charge in [-0.15, -0.1) is 0 Å². The monoisotopic (exact) mass is 502 g/mol. The molecule has 32 heavy (non-hydrogen) atoms. The molecule has 1 N–H and O–H groups in total. The molecule has 0 radical (unpaired) electrons. The second-order valence-corrected chi connectivity index (χ2v) is 8.93. The number of nitrogens with one attached hydrogen (secondary N) is 1. The van der Waals surface area contributed by atoms with Gasteiger partial charge in [0.1, 0.15) is 5.75 Å². The van der Waals surface area contributed by atoms with E-state index in [0.29, 0.717) is 43.1 Å². The number of hydrogen-bond donors (Lipinski definition) is 1. The highest BCUT2D eigenvalue weighted by molar-refractivity contribution is 9.10. The number of hydrogen-bond acceptors (Lipinski definition) is 7. The molecule has 0 saturated carbocycles. The number of halogens is 1. The van der Waals surface area contributed by atoms with Crippen molar-refractivity contribution in [3.05, 3.63) is 33.9 Å². The Bertz CT molecular complexity index is 1060. The van der Waals surface area contributed by atoms with Gasteiger partial charge in [0, 0.05) is 32.3 Å². The Kier molecular flexibility index (Phi) is 5.81. The predicted octanol–water partition coefficient (Wildman–Crippen LogP) is 2.95. The zero-order valence-electron chi connectivity index (χ0n) is 18.3. The van der Waals surface area contributed by atoms with Crippen LogP contribution in [-0.4, -0.2) is 72.3 Å². The van der Waals surface area contributed by atoms with Crippen molar-refractivity contribution in [2.45, 2.75) is 32.4 Å². The molecule has 170 valence electrons. The van der Waals surface area contributed by atoms with Gasteiger partial charge < -0.3 is 14.8 Å². The number of aliphatic imine (C=N–C) groups is 1. The lowest BCUT2D eigenvalue weighted by atomic mass is 10.1. The number of carbonyl (C=O) groups is 1.